The molecule has 0 saturated heterocycles. The van der Waals surface area contributed by atoms with E-state index in [0.717, 1.165) is 22.8 Å². The maximum atomic E-state index is 10.5. The van der Waals surface area contributed by atoms with Gasteiger partial charge < -0.3 is 9.84 Å². The summed E-state index contributed by atoms with van der Waals surface area (Å²) in [5, 5.41) is 11.3. The van der Waals surface area contributed by atoms with Crippen molar-refractivity contribution in [2.75, 3.05) is 0 Å². The number of allylic oxidation sites excluding steroid dienone is 2. The van der Waals surface area contributed by atoms with Crippen LogP contribution in [0.15, 0.2) is 47.7 Å². The van der Waals surface area contributed by atoms with Crippen LogP contribution in [0, 0.1) is 0 Å². The Labute approximate surface area is 124 Å². The summed E-state index contributed by atoms with van der Waals surface area (Å²) in [6.07, 6.45) is 5.18. The van der Waals surface area contributed by atoms with Crippen molar-refractivity contribution >= 4 is 11.6 Å². The van der Waals surface area contributed by atoms with Gasteiger partial charge in [0.05, 0.1) is 6.10 Å². The Kier molecular flexibility index (Phi) is 3.39. The van der Waals surface area contributed by atoms with Crippen LogP contribution in [0.2, 0.25) is 5.02 Å². The van der Waals surface area contributed by atoms with Gasteiger partial charge in [0.15, 0.2) is 0 Å². The molecule has 0 fully saturated rings. The smallest absolute Gasteiger partial charge is 0.122 e. The minimum absolute atomic E-state index is 0.179. The molecule has 20 heavy (non-hydrogen) atoms. The van der Waals surface area contributed by atoms with Crippen molar-refractivity contribution < 1.29 is 9.84 Å². The quantitative estimate of drug-likeness (QED) is 0.840. The molecular weight excluding hydrogens is 272 g/mol. The van der Waals surface area contributed by atoms with Crippen molar-refractivity contribution in [1.82, 2.24) is 0 Å². The van der Waals surface area contributed by atoms with E-state index in [9.17, 15) is 5.11 Å². The van der Waals surface area contributed by atoms with Crippen LogP contribution >= 0.6 is 11.6 Å². The molecule has 1 aromatic rings. The maximum Gasteiger partial charge on any atom is 0.122 e. The minimum atomic E-state index is -0.445. The zero-order valence-corrected chi connectivity index (χ0v) is 12.5. The van der Waals surface area contributed by atoms with Gasteiger partial charge in [-0.25, -0.2) is 0 Å². The number of benzene rings is 1. The van der Waals surface area contributed by atoms with E-state index in [0.29, 0.717) is 6.42 Å². The normalized spacial score (nSPS) is 28.0. The van der Waals surface area contributed by atoms with Gasteiger partial charge in [-0.3, -0.25) is 0 Å². The summed E-state index contributed by atoms with van der Waals surface area (Å²) in [6, 6.07) is 7.86. The van der Waals surface area contributed by atoms with E-state index >= 15 is 0 Å². The van der Waals surface area contributed by atoms with Crippen LogP contribution in [0.4, 0.5) is 0 Å². The van der Waals surface area contributed by atoms with E-state index in [4.69, 9.17) is 16.3 Å². The zero-order valence-electron chi connectivity index (χ0n) is 11.8. The van der Waals surface area contributed by atoms with Gasteiger partial charge in [0, 0.05) is 22.9 Å². The van der Waals surface area contributed by atoms with Gasteiger partial charge in [-0.15, -0.1) is 0 Å². The minimum Gasteiger partial charge on any atom is -0.488 e. The molecule has 2 aliphatic rings. The SMILES string of the molecule is CC1(C)CC(O)C2=C(C=CCC2c2ccc(Cl)cc2)O1. The molecule has 3 rings (SSSR count). The van der Waals surface area contributed by atoms with Crippen molar-refractivity contribution in [3.63, 3.8) is 0 Å². The average molecular weight is 291 g/mol. The fourth-order valence-electron chi connectivity index (χ4n) is 3.12. The van der Waals surface area contributed by atoms with Crippen LogP contribution in [0.1, 0.15) is 38.2 Å². The largest absolute Gasteiger partial charge is 0.488 e. The summed E-state index contributed by atoms with van der Waals surface area (Å²) >= 11 is 5.95. The van der Waals surface area contributed by atoms with E-state index in [1.54, 1.807) is 0 Å². The Morgan fingerprint density at radius 2 is 1.95 bits per heavy atom. The molecule has 0 amide bonds. The second-order valence-corrected chi connectivity index (χ2v) is 6.58. The fourth-order valence-corrected chi connectivity index (χ4v) is 3.25. The van der Waals surface area contributed by atoms with Crippen LogP contribution in [0.3, 0.4) is 0 Å². The van der Waals surface area contributed by atoms with E-state index in [1.807, 2.05) is 44.2 Å². The van der Waals surface area contributed by atoms with Gasteiger partial charge in [0.1, 0.15) is 11.4 Å². The first-order valence-electron chi connectivity index (χ1n) is 6.99. The van der Waals surface area contributed by atoms with Crippen molar-refractivity contribution in [3.05, 3.63) is 58.3 Å². The van der Waals surface area contributed by atoms with E-state index < -0.39 is 6.10 Å². The Bertz CT molecular complexity index is 569. The van der Waals surface area contributed by atoms with Gasteiger partial charge in [0.25, 0.3) is 0 Å². The van der Waals surface area contributed by atoms with Crippen molar-refractivity contribution in [3.8, 4) is 0 Å². The highest BCUT2D eigenvalue weighted by atomic mass is 35.5. The number of rotatable bonds is 1. The van der Waals surface area contributed by atoms with Crippen molar-refractivity contribution in [2.24, 2.45) is 0 Å². The summed E-state index contributed by atoms with van der Waals surface area (Å²) < 4.78 is 6.03. The van der Waals surface area contributed by atoms with Crippen LogP contribution in [-0.4, -0.2) is 16.8 Å². The Morgan fingerprint density at radius 1 is 1.25 bits per heavy atom. The van der Waals surface area contributed by atoms with Gasteiger partial charge in [-0.2, -0.15) is 0 Å². The summed E-state index contributed by atoms with van der Waals surface area (Å²) in [7, 11) is 0. The molecule has 0 bridgehead atoms. The first-order chi connectivity index (χ1) is 9.46. The number of hydrogen-bond donors (Lipinski definition) is 1. The molecule has 1 aliphatic heterocycles. The summed E-state index contributed by atoms with van der Waals surface area (Å²) in [5.41, 5.74) is 1.87. The van der Waals surface area contributed by atoms with Crippen LogP contribution < -0.4 is 0 Å². The predicted octanol–water partition coefficient (Wildman–Crippen LogP) is 4.20. The summed E-state index contributed by atoms with van der Waals surface area (Å²) in [6.45, 7) is 4.03. The summed E-state index contributed by atoms with van der Waals surface area (Å²) in [5.74, 6) is 1.01. The second-order valence-electron chi connectivity index (χ2n) is 6.14. The third-order valence-electron chi connectivity index (χ3n) is 4.00. The summed E-state index contributed by atoms with van der Waals surface area (Å²) in [4.78, 5) is 0. The first-order valence-corrected chi connectivity index (χ1v) is 7.37. The molecule has 0 radical (unpaired) electrons. The van der Waals surface area contributed by atoms with Crippen LogP contribution in [-0.2, 0) is 4.74 Å². The number of hydrogen-bond acceptors (Lipinski definition) is 2. The molecule has 1 aromatic carbocycles. The molecule has 1 heterocycles. The fraction of sp³-hybridized carbons (Fsp3) is 0.412. The number of aliphatic hydroxyl groups excluding tert-OH is 1. The molecule has 1 N–H and O–H groups in total. The van der Waals surface area contributed by atoms with Gasteiger partial charge >= 0.3 is 0 Å². The van der Waals surface area contributed by atoms with Crippen LogP contribution in [0.25, 0.3) is 0 Å². The first kappa shape index (κ1) is 13.7. The Balaban J connectivity index is 2.00. The van der Waals surface area contributed by atoms with Gasteiger partial charge in [-0.05, 0) is 44.0 Å². The third-order valence-corrected chi connectivity index (χ3v) is 4.26. The molecular formula is C17H19ClO2. The standard InChI is InChI=1S/C17H19ClO2/c1-17(2)10-14(19)16-13(4-3-5-15(16)20-17)11-6-8-12(18)9-7-11/h3,5-9,13-14,19H,4,10H2,1-2H3. The molecule has 0 aromatic heterocycles. The third kappa shape index (κ3) is 2.50. The van der Waals surface area contributed by atoms with Gasteiger partial charge in [0.2, 0.25) is 0 Å². The lowest BCUT2D eigenvalue weighted by Crippen LogP contribution is -2.38. The molecule has 2 atom stereocenters. The molecule has 1 aliphatic carbocycles. The van der Waals surface area contributed by atoms with E-state index in [1.165, 1.54) is 5.56 Å². The predicted molar refractivity (Wildman–Crippen MR) is 80.8 cm³/mol. The molecule has 3 heteroatoms. The highest BCUT2D eigenvalue weighted by Gasteiger charge is 2.38. The lowest BCUT2D eigenvalue weighted by atomic mass is 9.78. The highest BCUT2D eigenvalue weighted by Crippen LogP contribution is 2.43. The molecule has 2 unspecified atom stereocenters. The van der Waals surface area contributed by atoms with Gasteiger partial charge in [-0.1, -0.05) is 29.8 Å². The lowest BCUT2D eigenvalue weighted by molar-refractivity contribution is -0.0245. The highest BCUT2D eigenvalue weighted by molar-refractivity contribution is 6.30. The molecule has 0 saturated carbocycles. The number of aliphatic hydroxyl groups is 1. The second kappa shape index (κ2) is 4.94. The monoisotopic (exact) mass is 290 g/mol. The zero-order chi connectivity index (χ0) is 14.3. The van der Waals surface area contributed by atoms with E-state index in [2.05, 4.69) is 6.08 Å². The molecule has 0 spiro atoms. The lowest BCUT2D eigenvalue weighted by Gasteiger charge is -2.40. The average Bonchev–Trinajstić information content (AvgIpc) is 2.37. The Morgan fingerprint density at radius 3 is 2.65 bits per heavy atom. The maximum absolute atomic E-state index is 10.5. The van der Waals surface area contributed by atoms with Crippen LogP contribution in [0.5, 0.6) is 0 Å². The number of ether oxygens (including phenoxy) is 1. The molecule has 106 valence electrons. The van der Waals surface area contributed by atoms with E-state index in [-0.39, 0.29) is 11.5 Å². The molecule has 2 nitrogen and oxygen atoms in total. The Hall–Kier alpha value is -1.25. The van der Waals surface area contributed by atoms with Crippen molar-refractivity contribution in [1.29, 1.82) is 0 Å². The topological polar surface area (TPSA) is 29.5 Å². The van der Waals surface area contributed by atoms with Crippen molar-refractivity contribution in [2.45, 2.75) is 44.3 Å². The number of halogens is 1.